The molecule has 1 saturated carbocycles. The molecule has 4 rings (SSSR count). The summed E-state index contributed by atoms with van der Waals surface area (Å²) in [4.78, 5) is 0. The van der Waals surface area contributed by atoms with Gasteiger partial charge in [0.25, 0.3) is 0 Å². The Morgan fingerprint density at radius 2 is 1.81 bits per heavy atom. The highest BCUT2D eigenvalue weighted by Crippen LogP contribution is 2.68. The van der Waals surface area contributed by atoms with Crippen LogP contribution < -0.4 is 0 Å². The normalized spacial score (nSPS) is 41.5. The Hall–Kier alpha value is -2.18. The lowest BCUT2D eigenvalue weighted by atomic mass is 9.51. The van der Waals surface area contributed by atoms with Crippen molar-refractivity contribution in [3.8, 4) is 18.2 Å². The summed E-state index contributed by atoms with van der Waals surface area (Å²) in [6.45, 7) is 2.84. The summed E-state index contributed by atoms with van der Waals surface area (Å²) in [6, 6.07) is 6.25. The molecule has 0 radical (unpaired) electrons. The van der Waals surface area contributed by atoms with E-state index in [9.17, 15) is 15.8 Å². The van der Waals surface area contributed by atoms with E-state index in [0.717, 1.165) is 0 Å². The van der Waals surface area contributed by atoms with Crippen LogP contribution in [0.15, 0.2) is 0 Å². The summed E-state index contributed by atoms with van der Waals surface area (Å²) in [5.41, 5.74) is -3.51. The number of nitrogens with zero attached hydrogens (tertiary/aromatic N) is 3. The Bertz CT molecular complexity index is 758. The predicted molar refractivity (Wildman–Crippen MR) is 85.0 cm³/mol. The zero-order chi connectivity index (χ0) is 18.6. The molecule has 26 heavy (non-hydrogen) atoms. The Morgan fingerprint density at radius 1 is 1.12 bits per heavy atom. The average Bonchev–Trinajstić information content (AvgIpc) is 3.17. The number of rotatable bonds is 2. The van der Waals surface area contributed by atoms with Gasteiger partial charge in [-0.2, -0.15) is 15.8 Å². The SMILES string of the molecule is CCCC1OC23CCC4(CC2C(C#N)(C(=N)O3)C1(C#N)C#N)OCCO4. The van der Waals surface area contributed by atoms with Gasteiger partial charge in [-0.1, -0.05) is 13.3 Å². The molecular formula is C18H20N4O4. The fraction of sp³-hybridized carbons (Fsp3) is 0.778. The summed E-state index contributed by atoms with van der Waals surface area (Å²) in [5, 5.41) is 38.6. The maximum atomic E-state index is 10.2. The third kappa shape index (κ3) is 1.74. The van der Waals surface area contributed by atoms with E-state index in [-0.39, 0.29) is 12.3 Å². The van der Waals surface area contributed by atoms with Gasteiger partial charge in [0, 0.05) is 19.3 Å². The molecule has 2 bridgehead atoms. The molecule has 4 atom stereocenters. The first-order valence-corrected chi connectivity index (χ1v) is 8.95. The van der Waals surface area contributed by atoms with Gasteiger partial charge in [0.1, 0.15) is 0 Å². The smallest absolute Gasteiger partial charge is 0.217 e. The summed E-state index contributed by atoms with van der Waals surface area (Å²) in [5.74, 6) is -3.06. The highest BCUT2D eigenvalue weighted by molar-refractivity contribution is 5.89. The van der Waals surface area contributed by atoms with Crippen LogP contribution in [0.1, 0.15) is 39.0 Å². The maximum Gasteiger partial charge on any atom is 0.217 e. The van der Waals surface area contributed by atoms with Crippen molar-refractivity contribution >= 4 is 5.90 Å². The largest absolute Gasteiger partial charge is 0.447 e. The van der Waals surface area contributed by atoms with Crippen LogP contribution in [0.3, 0.4) is 0 Å². The molecule has 4 unspecified atom stereocenters. The van der Waals surface area contributed by atoms with Crippen LogP contribution >= 0.6 is 0 Å². The molecule has 1 spiro atoms. The minimum atomic E-state index is -1.81. The molecule has 4 fully saturated rings. The van der Waals surface area contributed by atoms with Crippen LogP contribution in [0, 0.1) is 56.2 Å². The van der Waals surface area contributed by atoms with Crippen LogP contribution in [-0.4, -0.2) is 36.8 Å². The van der Waals surface area contributed by atoms with E-state index in [1.165, 1.54) is 0 Å². The van der Waals surface area contributed by atoms with Gasteiger partial charge in [-0.25, -0.2) is 0 Å². The van der Waals surface area contributed by atoms with Crippen molar-refractivity contribution in [2.24, 2.45) is 16.7 Å². The number of hydrogen-bond acceptors (Lipinski definition) is 8. The Kier molecular flexibility index (Phi) is 3.59. The van der Waals surface area contributed by atoms with E-state index in [1.54, 1.807) is 0 Å². The van der Waals surface area contributed by atoms with Crippen molar-refractivity contribution in [3.05, 3.63) is 0 Å². The third-order valence-electron chi connectivity index (χ3n) is 6.40. The van der Waals surface area contributed by atoms with Crippen molar-refractivity contribution in [1.29, 1.82) is 21.2 Å². The van der Waals surface area contributed by atoms with Gasteiger partial charge >= 0.3 is 0 Å². The van der Waals surface area contributed by atoms with E-state index in [2.05, 4.69) is 6.07 Å². The molecule has 4 aliphatic rings. The van der Waals surface area contributed by atoms with Crippen molar-refractivity contribution in [1.82, 2.24) is 0 Å². The monoisotopic (exact) mass is 356 g/mol. The van der Waals surface area contributed by atoms with E-state index < -0.39 is 34.4 Å². The molecule has 1 N–H and O–H groups in total. The predicted octanol–water partition coefficient (Wildman–Crippen LogP) is 1.98. The van der Waals surface area contributed by atoms with Crippen molar-refractivity contribution in [2.75, 3.05) is 13.2 Å². The van der Waals surface area contributed by atoms with E-state index >= 15 is 0 Å². The van der Waals surface area contributed by atoms with Gasteiger partial charge in [0.2, 0.25) is 11.7 Å². The van der Waals surface area contributed by atoms with Crippen LogP contribution in [0.4, 0.5) is 0 Å². The lowest BCUT2D eigenvalue weighted by Crippen LogP contribution is -2.65. The number of hydrogen-bond donors (Lipinski definition) is 1. The zero-order valence-corrected chi connectivity index (χ0v) is 14.6. The lowest BCUT2D eigenvalue weighted by Gasteiger charge is -2.54. The Morgan fingerprint density at radius 3 is 2.38 bits per heavy atom. The van der Waals surface area contributed by atoms with Gasteiger partial charge in [0.15, 0.2) is 16.6 Å². The molecule has 3 heterocycles. The molecular weight excluding hydrogens is 336 g/mol. The van der Waals surface area contributed by atoms with Gasteiger partial charge in [-0.3, -0.25) is 5.41 Å². The minimum absolute atomic E-state index is 0.257. The zero-order valence-electron chi connectivity index (χ0n) is 14.6. The maximum absolute atomic E-state index is 10.2. The van der Waals surface area contributed by atoms with Gasteiger partial charge in [-0.05, 0) is 6.42 Å². The highest BCUT2D eigenvalue weighted by atomic mass is 16.7. The van der Waals surface area contributed by atoms with Gasteiger partial charge < -0.3 is 18.9 Å². The molecule has 8 nitrogen and oxygen atoms in total. The summed E-state index contributed by atoms with van der Waals surface area (Å²) in [7, 11) is 0. The topological polar surface area (TPSA) is 132 Å². The first-order valence-electron chi connectivity index (χ1n) is 8.95. The Balaban J connectivity index is 1.89. The lowest BCUT2D eigenvalue weighted by molar-refractivity contribution is -0.329. The molecule has 0 aromatic heterocycles. The van der Waals surface area contributed by atoms with E-state index in [1.807, 2.05) is 19.1 Å². The summed E-state index contributed by atoms with van der Waals surface area (Å²) < 4.78 is 23.7. The second-order valence-electron chi connectivity index (χ2n) is 7.45. The number of nitrogens with one attached hydrogen (secondary N) is 1. The van der Waals surface area contributed by atoms with Crippen LogP contribution in [0.5, 0.6) is 0 Å². The Labute approximate surface area is 151 Å². The molecule has 0 aromatic rings. The fourth-order valence-electron chi connectivity index (χ4n) is 5.19. The molecule has 0 amide bonds. The summed E-state index contributed by atoms with van der Waals surface area (Å²) >= 11 is 0. The molecule has 0 aromatic carbocycles. The summed E-state index contributed by atoms with van der Waals surface area (Å²) in [6.07, 6.45) is 1.49. The first kappa shape index (κ1) is 17.2. The van der Waals surface area contributed by atoms with Gasteiger partial charge in [-0.15, -0.1) is 0 Å². The first-order chi connectivity index (χ1) is 12.5. The number of nitriles is 3. The van der Waals surface area contributed by atoms with Crippen molar-refractivity contribution in [3.63, 3.8) is 0 Å². The highest BCUT2D eigenvalue weighted by Gasteiger charge is 2.81. The second kappa shape index (κ2) is 5.41. The van der Waals surface area contributed by atoms with Crippen LogP contribution in [0.25, 0.3) is 0 Å². The molecule has 3 aliphatic heterocycles. The van der Waals surface area contributed by atoms with Crippen LogP contribution in [0.2, 0.25) is 0 Å². The average molecular weight is 356 g/mol. The van der Waals surface area contributed by atoms with Gasteiger partial charge in [0.05, 0.1) is 43.4 Å². The fourth-order valence-corrected chi connectivity index (χ4v) is 5.19. The van der Waals surface area contributed by atoms with E-state index in [4.69, 9.17) is 24.4 Å². The third-order valence-corrected chi connectivity index (χ3v) is 6.40. The van der Waals surface area contributed by atoms with Crippen LogP contribution in [-0.2, 0) is 18.9 Å². The quantitative estimate of drug-likeness (QED) is 0.799. The molecule has 136 valence electrons. The van der Waals surface area contributed by atoms with Crippen molar-refractivity contribution in [2.45, 2.75) is 56.7 Å². The molecule has 8 heteroatoms. The second-order valence-corrected chi connectivity index (χ2v) is 7.45. The molecule has 1 aliphatic carbocycles. The molecule has 3 saturated heterocycles. The number of ether oxygens (including phenoxy) is 4. The minimum Gasteiger partial charge on any atom is -0.447 e. The standard InChI is InChI=1S/C18H20N4O4/c1-2-3-13-15(9-19,10-20)17(11-21)12-8-16(23-6-7-24-16)4-5-18(12,25-13)26-14(17)22/h12-13,22H,2-8H2,1H3. The van der Waals surface area contributed by atoms with E-state index in [0.29, 0.717) is 38.9 Å². The van der Waals surface area contributed by atoms with Crippen molar-refractivity contribution < 1.29 is 18.9 Å².